The molecule has 4 heterocycles. The van der Waals surface area contributed by atoms with Crippen molar-refractivity contribution in [3.63, 3.8) is 0 Å². The van der Waals surface area contributed by atoms with E-state index in [0.717, 1.165) is 60.2 Å². The van der Waals surface area contributed by atoms with E-state index in [0.29, 0.717) is 0 Å². The van der Waals surface area contributed by atoms with Crippen molar-refractivity contribution in [2.45, 2.75) is 25.8 Å². The number of imidazole rings is 1. The summed E-state index contributed by atoms with van der Waals surface area (Å²) in [4.78, 5) is 11.4. The zero-order valence-electron chi connectivity index (χ0n) is 16.8. The Bertz CT molecular complexity index is 1190. The van der Waals surface area contributed by atoms with Gasteiger partial charge in [0.1, 0.15) is 23.1 Å². The summed E-state index contributed by atoms with van der Waals surface area (Å²) in [5.41, 5.74) is 3.41. The first-order valence-electron chi connectivity index (χ1n) is 10.3. The topological polar surface area (TPSA) is 58.4 Å². The highest BCUT2D eigenvalue weighted by Crippen LogP contribution is 2.35. The van der Waals surface area contributed by atoms with E-state index in [4.69, 9.17) is 5.10 Å². The van der Waals surface area contributed by atoms with Crippen molar-refractivity contribution in [2.75, 3.05) is 23.3 Å². The molecular formula is C23H23FN6. The van der Waals surface area contributed by atoms with Gasteiger partial charge in [0.15, 0.2) is 5.65 Å². The van der Waals surface area contributed by atoms with Crippen LogP contribution in [0.25, 0.3) is 17.0 Å². The Hall–Kier alpha value is -3.48. The fraction of sp³-hybridized carbons (Fsp3) is 0.261. The highest BCUT2D eigenvalue weighted by molar-refractivity contribution is 5.62. The summed E-state index contributed by atoms with van der Waals surface area (Å²) in [6, 6.07) is 16.8. The summed E-state index contributed by atoms with van der Waals surface area (Å²) in [7, 11) is 0. The first kappa shape index (κ1) is 18.5. The second-order valence-electron chi connectivity index (χ2n) is 7.45. The number of nitrogens with one attached hydrogen (secondary N) is 1. The first-order chi connectivity index (χ1) is 14.7. The lowest BCUT2D eigenvalue weighted by molar-refractivity contribution is 0.617. The van der Waals surface area contributed by atoms with Gasteiger partial charge in [-0.15, -0.1) is 5.10 Å². The summed E-state index contributed by atoms with van der Waals surface area (Å²) in [6.45, 7) is 3.74. The quantitative estimate of drug-likeness (QED) is 0.524. The summed E-state index contributed by atoms with van der Waals surface area (Å²) < 4.78 is 15.6. The number of benzene rings is 1. The van der Waals surface area contributed by atoms with E-state index >= 15 is 0 Å². The van der Waals surface area contributed by atoms with Crippen molar-refractivity contribution in [3.05, 3.63) is 72.2 Å². The number of aromatic nitrogens is 4. The number of hydrogen-bond donors (Lipinski definition) is 1. The lowest BCUT2D eigenvalue weighted by atomic mass is 10.0. The lowest BCUT2D eigenvalue weighted by Crippen LogP contribution is -2.24. The summed E-state index contributed by atoms with van der Waals surface area (Å²) in [6.07, 6.45) is 3.83. The molecule has 6 nitrogen and oxygen atoms in total. The second kappa shape index (κ2) is 7.74. The second-order valence-corrected chi connectivity index (χ2v) is 7.45. The van der Waals surface area contributed by atoms with Crippen molar-refractivity contribution in [1.82, 2.24) is 19.6 Å². The van der Waals surface area contributed by atoms with E-state index < -0.39 is 0 Å². The average molecular weight is 402 g/mol. The molecular weight excluding hydrogens is 379 g/mol. The van der Waals surface area contributed by atoms with E-state index in [-0.39, 0.29) is 11.9 Å². The van der Waals surface area contributed by atoms with Crippen LogP contribution >= 0.6 is 0 Å². The Morgan fingerprint density at radius 2 is 2.03 bits per heavy atom. The van der Waals surface area contributed by atoms with Gasteiger partial charge in [-0.3, -0.25) is 0 Å². The van der Waals surface area contributed by atoms with Crippen LogP contribution in [0.2, 0.25) is 0 Å². The van der Waals surface area contributed by atoms with Crippen molar-refractivity contribution in [2.24, 2.45) is 0 Å². The van der Waals surface area contributed by atoms with E-state index in [1.165, 1.54) is 6.07 Å². The molecule has 0 amide bonds. The van der Waals surface area contributed by atoms with Gasteiger partial charge in [0.2, 0.25) is 0 Å². The smallest absolute Gasteiger partial charge is 0.154 e. The molecule has 1 unspecified atom stereocenters. The van der Waals surface area contributed by atoms with Crippen LogP contribution in [0.4, 0.5) is 16.0 Å². The normalized spacial score (nSPS) is 16.3. The van der Waals surface area contributed by atoms with Gasteiger partial charge in [-0.05, 0) is 61.7 Å². The van der Waals surface area contributed by atoms with Crippen LogP contribution in [0.3, 0.4) is 0 Å². The summed E-state index contributed by atoms with van der Waals surface area (Å²) in [5, 5.41) is 8.14. The van der Waals surface area contributed by atoms with Gasteiger partial charge < -0.3 is 10.2 Å². The minimum atomic E-state index is -0.202. The lowest BCUT2D eigenvalue weighted by Gasteiger charge is -2.26. The molecule has 7 heteroatoms. The molecule has 1 aromatic carbocycles. The Kier molecular flexibility index (Phi) is 4.78. The number of fused-ring (bicyclic) bond motifs is 1. The molecule has 1 fully saturated rings. The third kappa shape index (κ3) is 3.36. The molecule has 4 aromatic rings. The van der Waals surface area contributed by atoms with Crippen molar-refractivity contribution < 1.29 is 4.39 Å². The minimum absolute atomic E-state index is 0.118. The van der Waals surface area contributed by atoms with Gasteiger partial charge >= 0.3 is 0 Å². The molecule has 152 valence electrons. The molecule has 0 radical (unpaired) electrons. The van der Waals surface area contributed by atoms with Gasteiger partial charge in [-0.1, -0.05) is 18.2 Å². The van der Waals surface area contributed by atoms with E-state index in [2.05, 4.69) is 20.2 Å². The molecule has 1 aliphatic rings. The molecule has 0 saturated carbocycles. The summed E-state index contributed by atoms with van der Waals surface area (Å²) in [5.74, 6) is 1.48. The Labute approximate surface area is 174 Å². The first-order valence-corrected chi connectivity index (χ1v) is 10.3. The maximum atomic E-state index is 13.8. The van der Waals surface area contributed by atoms with Gasteiger partial charge in [0.25, 0.3) is 0 Å². The molecule has 0 spiro atoms. The van der Waals surface area contributed by atoms with Crippen molar-refractivity contribution >= 4 is 17.3 Å². The number of hydrogen-bond acceptors (Lipinski definition) is 5. The molecule has 1 atom stereocenters. The average Bonchev–Trinajstić information content (AvgIpc) is 3.41. The number of anilines is 2. The fourth-order valence-corrected chi connectivity index (χ4v) is 4.15. The SMILES string of the molecule is CCNc1cccc(-c2cnc3ccc(N4CCCC4c4cccc(F)c4)nn23)n1. The Balaban J connectivity index is 1.53. The van der Waals surface area contributed by atoms with Crippen LogP contribution in [0, 0.1) is 5.82 Å². The van der Waals surface area contributed by atoms with E-state index in [1.54, 1.807) is 18.3 Å². The predicted molar refractivity (Wildman–Crippen MR) is 116 cm³/mol. The Morgan fingerprint density at radius 3 is 2.90 bits per heavy atom. The van der Waals surface area contributed by atoms with Gasteiger partial charge in [0, 0.05) is 13.1 Å². The molecule has 0 bridgehead atoms. The number of nitrogens with zero attached hydrogens (tertiary/aromatic N) is 5. The highest BCUT2D eigenvalue weighted by Gasteiger charge is 2.28. The van der Waals surface area contributed by atoms with Crippen LogP contribution < -0.4 is 10.2 Å². The monoisotopic (exact) mass is 402 g/mol. The third-order valence-electron chi connectivity index (χ3n) is 5.50. The molecule has 1 N–H and O–H groups in total. The maximum absolute atomic E-state index is 13.8. The molecule has 5 rings (SSSR count). The fourth-order valence-electron chi connectivity index (χ4n) is 4.15. The molecule has 30 heavy (non-hydrogen) atoms. The Morgan fingerprint density at radius 1 is 1.13 bits per heavy atom. The summed E-state index contributed by atoms with van der Waals surface area (Å²) >= 11 is 0. The van der Waals surface area contributed by atoms with Gasteiger partial charge in [-0.25, -0.2) is 18.9 Å². The van der Waals surface area contributed by atoms with Crippen LogP contribution in [-0.2, 0) is 0 Å². The molecule has 3 aromatic heterocycles. The zero-order chi connectivity index (χ0) is 20.5. The van der Waals surface area contributed by atoms with Crippen molar-refractivity contribution in [3.8, 4) is 11.4 Å². The van der Waals surface area contributed by atoms with Crippen LogP contribution in [0.15, 0.2) is 60.8 Å². The number of rotatable bonds is 5. The van der Waals surface area contributed by atoms with Crippen LogP contribution in [0.1, 0.15) is 31.4 Å². The predicted octanol–water partition coefficient (Wildman–Crippen LogP) is 4.70. The number of pyridine rings is 1. The van der Waals surface area contributed by atoms with E-state index in [9.17, 15) is 4.39 Å². The molecule has 1 aliphatic heterocycles. The van der Waals surface area contributed by atoms with Gasteiger partial charge in [-0.2, -0.15) is 0 Å². The highest BCUT2D eigenvalue weighted by atomic mass is 19.1. The molecule has 0 aliphatic carbocycles. The van der Waals surface area contributed by atoms with Crippen LogP contribution in [0.5, 0.6) is 0 Å². The standard InChI is InChI=1S/C23H23FN6/c1-2-25-21-10-4-8-18(27-21)20-15-26-22-11-12-23(28-30(20)22)29-13-5-9-19(29)16-6-3-7-17(24)14-16/h3-4,6-8,10-12,14-15,19H,2,5,9,13H2,1H3,(H,25,27). The van der Waals surface area contributed by atoms with Crippen LogP contribution in [-0.4, -0.2) is 32.7 Å². The zero-order valence-corrected chi connectivity index (χ0v) is 16.8. The third-order valence-corrected chi connectivity index (χ3v) is 5.50. The number of halogens is 1. The largest absolute Gasteiger partial charge is 0.370 e. The van der Waals surface area contributed by atoms with Crippen molar-refractivity contribution in [1.29, 1.82) is 0 Å². The molecule has 1 saturated heterocycles. The van der Waals surface area contributed by atoms with Gasteiger partial charge in [0.05, 0.1) is 17.9 Å². The minimum Gasteiger partial charge on any atom is -0.370 e. The maximum Gasteiger partial charge on any atom is 0.154 e. The van der Waals surface area contributed by atoms with E-state index in [1.807, 2.05) is 47.8 Å².